The van der Waals surface area contributed by atoms with Crippen molar-refractivity contribution in [3.63, 3.8) is 0 Å². The van der Waals surface area contributed by atoms with Crippen LogP contribution in [0.1, 0.15) is 5.56 Å². The van der Waals surface area contributed by atoms with Gasteiger partial charge in [0.05, 0.1) is 26.3 Å². The number of halogens is 1. The molecule has 32 heavy (non-hydrogen) atoms. The van der Waals surface area contributed by atoms with Crippen LogP contribution < -0.4 is 15.2 Å². The molecule has 0 saturated carbocycles. The number of ether oxygens (including phenoxy) is 2. The highest BCUT2D eigenvalue weighted by atomic mass is 19.1. The zero-order valence-electron chi connectivity index (χ0n) is 17.4. The number of hydrogen-bond donors (Lipinski definition) is 0. The monoisotopic (exact) mass is 430 g/mol. The van der Waals surface area contributed by atoms with Gasteiger partial charge in [0.25, 0.3) is 0 Å². The smallest absolute Gasteiger partial charge is 0.351 e. The topological polar surface area (TPSA) is 70.7 Å². The number of hydrogen-bond acceptors (Lipinski definition) is 5. The highest BCUT2D eigenvalue weighted by Gasteiger charge is 2.17. The Morgan fingerprint density at radius 3 is 2.31 bits per heavy atom. The first kappa shape index (κ1) is 19.7. The first-order valence-corrected chi connectivity index (χ1v) is 9.93. The van der Waals surface area contributed by atoms with Gasteiger partial charge in [-0.15, -0.1) is 5.10 Å². The molecule has 0 N–H and O–H groups in total. The lowest BCUT2D eigenvalue weighted by Crippen LogP contribution is -2.28. The van der Waals surface area contributed by atoms with Crippen molar-refractivity contribution >= 4 is 16.6 Å². The van der Waals surface area contributed by atoms with Gasteiger partial charge in [-0.1, -0.05) is 24.3 Å². The molecule has 0 radical (unpaired) electrons. The van der Waals surface area contributed by atoms with E-state index >= 15 is 0 Å². The number of methoxy groups -OCH3 is 2. The first-order valence-electron chi connectivity index (χ1n) is 9.93. The van der Waals surface area contributed by atoms with Crippen LogP contribution in [0.3, 0.4) is 0 Å². The van der Waals surface area contributed by atoms with Crippen LogP contribution in [0.15, 0.2) is 71.5 Å². The summed E-state index contributed by atoms with van der Waals surface area (Å²) in [7, 11) is 3.13. The molecule has 8 heteroatoms. The Kier molecular flexibility index (Phi) is 4.82. The molecular formula is C24H19FN4O3. The molecule has 0 aliphatic carbocycles. The minimum absolute atomic E-state index is 0.276. The van der Waals surface area contributed by atoms with Crippen LogP contribution in [0.25, 0.3) is 27.9 Å². The Morgan fingerprint density at radius 2 is 1.62 bits per heavy atom. The maximum atomic E-state index is 13.4. The first-order chi connectivity index (χ1) is 15.6. The van der Waals surface area contributed by atoms with Crippen LogP contribution in [0.4, 0.5) is 4.39 Å². The minimum atomic E-state index is -0.336. The summed E-state index contributed by atoms with van der Waals surface area (Å²) in [6.45, 7) is 0.276. The summed E-state index contributed by atoms with van der Waals surface area (Å²) in [4.78, 5) is 18.1. The average molecular weight is 430 g/mol. The standard InChI is InChI=1S/C24H19FN4O3/c1-31-18-11-16(12-19(13-18)32-2)22-26-23-20-5-3-4-6-21(20)28(24(30)29(23)27-22)14-15-7-9-17(25)10-8-15/h3-13H,14H2,1-2H3. The number of para-hydroxylation sites is 1. The van der Waals surface area contributed by atoms with Gasteiger partial charge in [0.2, 0.25) is 0 Å². The molecule has 0 aliphatic rings. The Labute approximate surface area is 182 Å². The number of benzene rings is 3. The lowest BCUT2D eigenvalue weighted by Gasteiger charge is -2.11. The summed E-state index contributed by atoms with van der Waals surface area (Å²) < 4.78 is 26.9. The summed E-state index contributed by atoms with van der Waals surface area (Å²) in [5.74, 6) is 1.24. The quantitative estimate of drug-likeness (QED) is 0.423. The third kappa shape index (κ3) is 3.35. The zero-order chi connectivity index (χ0) is 22.2. The van der Waals surface area contributed by atoms with Gasteiger partial charge in [-0.05, 0) is 42.0 Å². The van der Waals surface area contributed by atoms with E-state index in [-0.39, 0.29) is 18.1 Å². The molecule has 0 unspecified atom stereocenters. The summed E-state index contributed by atoms with van der Waals surface area (Å²) in [5, 5.41) is 5.28. The third-order valence-corrected chi connectivity index (χ3v) is 5.32. The fourth-order valence-corrected chi connectivity index (χ4v) is 3.72. The van der Waals surface area contributed by atoms with Crippen molar-refractivity contribution in [2.24, 2.45) is 0 Å². The Morgan fingerprint density at radius 1 is 0.938 bits per heavy atom. The van der Waals surface area contributed by atoms with Gasteiger partial charge in [-0.3, -0.25) is 4.57 Å². The second-order valence-electron chi connectivity index (χ2n) is 7.28. The van der Waals surface area contributed by atoms with Crippen molar-refractivity contribution in [3.05, 3.63) is 88.6 Å². The molecule has 5 aromatic rings. The van der Waals surface area contributed by atoms with Crippen LogP contribution in [0.5, 0.6) is 11.5 Å². The molecule has 0 spiro atoms. The maximum absolute atomic E-state index is 13.4. The van der Waals surface area contributed by atoms with Gasteiger partial charge in [0, 0.05) is 17.0 Å². The van der Waals surface area contributed by atoms with Gasteiger partial charge in [0.1, 0.15) is 17.3 Å². The van der Waals surface area contributed by atoms with E-state index in [0.29, 0.717) is 28.5 Å². The molecule has 0 saturated heterocycles. The minimum Gasteiger partial charge on any atom is -0.497 e. The Hall–Kier alpha value is -4.20. The fourth-order valence-electron chi connectivity index (χ4n) is 3.72. The predicted octanol–water partition coefficient (Wildman–Crippen LogP) is 3.92. The molecule has 7 nitrogen and oxygen atoms in total. The van der Waals surface area contributed by atoms with Crippen molar-refractivity contribution in [1.29, 1.82) is 0 Å². The zero-order valence-corrected chi connectivity index (χ0v) is 17.4. The second kappa shape index (κ2) is 7.81. The van der Waals surface area contributed by atoms with Crippen molar-refractivity contribution in [2.45, 2.75) is 6.54 Å². The van der Waals surface area contributed by atoms with Gasteiger partial charge in [-0.25, -0.2) is 14.2 Å². The van der Waals surface area contributed by atoms with E-state index in [4.69, 9.17) is 9.47 Å². The van der Waals surface area contributed by atoms with E-state index in [9.17, 15) is 9.18 Å². The van der Waals surface area contributed by atoms with E-state index in [1.54, 1.807) is 49.1 Å². The SMILES string of the molecule is COc1cc(OC)cc(-c2nc3c4ccccc4n(Cc4ccc(F)cc4)c(=O)n3n2)c1. The molecule has 0 fully saturated rings. The third-order valence-electron chi connectivity index (χ3n) is 5.32. The largest absolute Gasteiger partial charge is 0.497 e. The normalized spacial score (nSPS) is 11.2. The molecule has 5 rings (SSSR count). The Balaban J connectivity index is 1.73. The molecule has 2 aromatic heterocycles. The van der Waals surface area contributed by atoms with E-state index in [1.165, 1.54) is 16.6 Å². The maximum Gasteiger partial charge on any atom is 0.351 e. The summed E-state index contributed by atoms with van der Waals surface area (Å²) >= 11 is 0. The van der Waals surface area contributed by atoms with Crippen LogP contribution in [0.2, 0.25) is 0 Å². The molecule has 0 atom stereocenters. The van der Waals surface area contributed by atoms with Crippen LogP contribution in [-0.4, -0.2) is 33.4 Å². The highest BCUT2D eigenvalue weighted by Crippen LogP contribution is 2.29. The van der Waals surface area contributed by atoms with E-state index in [2.05, 4.69) is 10.1 Å². The second-order valence-corrected chi connectivity index (χ2v) is 7.28. The molecule has 2 heterocycles. The van der Waals surface area contributed by atoms with Crippen LogP contribution in [-0.2, 0) is 6.54 Å². The molecule has 160 valence electrons. The fraction of sp³-hybridized carbons (Fsp3) is 0.125. The number of nitrogens with zero attached hydrogens (tertiary/aromatic N) is 4. The van der Waals surface area contributed by atoms with Gasteiger partial charge >= 0.3 is 5.69 Å². The van der Waals surface area contributed by atoms with E-state index in [0.717, 1.165) is 16.5 Å². The molecular weight excluding hydrogens is 411 g/mol. The van der Waals surface area contributed by atoms with Crippen molar-refractivity contribution in [2.75, 3.05) is 14.2 Å². The highest BCUT2D eigenvalue weighted by molar-refractivity contribution is 5.92. The van der Waals surface area contributed by atoms with E-state index in [1.807, 2.05) is 24.3 Å². The number of fused-ring (bicyclic) bond motifs is 3. The van der Waals surface area contributed by atoms with Gasteiger partial charge in [-0.2, -0.15) is 4.52 Å². The van der Waals surface area contributed by atoms with Crippen molar-refractivity contribution in [1.82, 2.24) is 19.2 Å². The summed E-state index contributed by atoms with van der Waals surface area (Å²) in [6, 6.07) is 18.9. The lowest BCUT2D eigenvalue weighted by atomic mass is 10.2. The van der Waals surface area contributed by atoms with Crippen molar-refractivity contribution in [3.8, 4) is 22.9 Å². The molecule has 0 bridgehead atoms. The lowest BCUT2D eigenvalue weighted by molar-refractivity contribution is 0.394. The number of aromatic nitrogens is 4. The number of rotatable bonds is 5. The average Bonchev–Trinajstić information content (AvgIpc) is 3.29. The predicted molar refractivity (Wildman–Crippen MR) is 119 cm³/mol. The summed E-state index contributed by atoms with van der Waals surface area (Å²) in [5.41, 5.74) is 2.31. The molecule has 0 amide bonds. The molecule has 3 aromatic carbocycles. The van der Waals surface area contributed by atoms with Gasteiger partial charge < -0.3 is 9.47 Å². The molecule has 0 aliphatic heterocycles. The summed E-state index contributed by atoms with van der Waals surface area (Å²) in [6.07, 6.45) is 0. The van der Waals surface area contributed by atoms with Crippen molar-refractivity contribution < 1.29 is 13.9 Å². The van der Waals surface area contributed by atoms with Crippen LogP contribution >= 0.6 is 0 Å². The Bertz CT molecular complexity index is 1480. The van der Waals surface area contributed by atoms with Gasteiger partial charge in [0.15, 0.2) is 11.5 Å². The van der Waals surface area contributed by atoms with Crippen LogP contribution in [0, 0.1) is 5.82 Å². The van der Waals surface area contributed by atoms with E-state index < -0.39 is 0 Å².